The molecule has 0 aliphatic carbocycles. The van der Waals surface area contributed by atoms with E-state index in [1.54, 1.807) is 6.07 Å². The predicted octanol–water partition coefficient (Wildman–Crippen LogP) is 1.30. The van der Waals surface area contributed by atoms with Crippen molar-refractivity contribution in [3.05, 3.63) is 29.8 Å². The van der Waals surface area contributed by atoms with Gasteiger partial charge in [-0.2, -0.15) is 5.26 Å². The number of carbonyl (C=O) groups is 2. The quantitative estimate of drug-likeness (QED) is 0.673. The minimum atomic E-state index is -0.330. The largest absolute Gasteiger partial charge is 0.494 e. The van der Waals surface area contributed by atoms with Gasteiger partial charge >= 0.3 is 0 Å². The van der Waals surface area contributed by atoms with Crippen molar-refractivity contribution in [1.82, 2.24) is 10.6 Å². The smallest absolute Gasteiger partial charge is 0.234 e. The minimum absolute atomic E-state index is 0.0814. The number of hydrogen-bond donors (Lipinski definition) is 2. The van der Waals surface area contributed by atoms with Crippen LogP contribution < -0.4 is 15.4 Å². The molecule has 0 fully saturated rings. The van der Waals surface area contributed by atoms with Gasteiger partial charge in [0.05, 0.1) is 12.7 Å². The Hall–Kier alpha value is -2.55. The van der Waals surface area contributed by atoms with E-state index < -0.39 is 0 Å². The molecule has 0 spiro atoms. The van der Waals surface area contributed by atoms with Gasteiger partial charge in [0.25, 0.3) is 0 Å². The molecule has 2 amide bonds. The van der Waals surface area contributed by atoms with Gasteiger partial charge in [0.2, 0.25) is 11.8 Å². The Morgan fingerprint density at radius 1 is 1.14 bits per heavy atom. The van der Waals surface area contributed by atoms with Gasteiger partial charge in [-0.3, -0.25) is 9.59 Å². The molecule has 1 aromatic rings. The lowest BCUT2D eigenvalue weighted by molar-refractivity contribution is -0.122. The lowest BCUT2D eigenvalue weighted by Gasteiger charge is -2.07. The monoisotopic (exact) mass is 303 g/mol. The molecule has 0 saturated heterocycles. The molecule has 0 aliphatic heterocycles. The van der Waals surface area contributed by atoms with E-state index in [1.165, 1.54) is 5.56 Å². The number of carbonyl (C=O) groups excluding carboxylic acids is 2. The number of rotatable bonds is 9. The van der Waals surface area contributed by atoms with Crippen LogP contribution in [0.5, 0.6) is 5.75 Å². The van der Waals surface area contributed by atoms with Gasteiger partial charge in [-0.1, -0.05) is 17.7 Å². The molecular weight excluding hydrogens is 282 g/mol. The Morgan fingerprint density at radius 2 is 1.77 bits per heavy atom. The summed E-state index contributed by atoms with van der Waals surface area (Å²) in [5.41, 5.74) is 1.17. The summed E-state index contributed by atoms with van der Waals surface area (Å²) in [7, 11) is 0. The first-order valence-corrected chi connectivity index (χ1v) is 7.21. The van der Waals surface area contributed by atoms with Crippen LogP contribution in [0.1, 0.15) is 24.8 Å². The summed E-state index contributed by atoms with van der Waals surface area (Å²) < 4.78 is 5.53. The molecule has 0 bridgehead atoms. The molecular formula is C16H21N3O3. The van der Waals surface area contributed by atoms with E-state index in [2.05, 4.69) is 10.6 Å². The second kappa shape index (κ2) is 10.2. The SMILES string of the molecule is Cc1ccc(OCCCC(=O)NCCNC(=O)CC#N)cc1. The van der Waals surface area contributed by atoms with Crippen LogP contribution in [0.4, 0.5) is 0 Å². The zero-order valence-electron chi connectivity index (χ0n) is 12.7. The van der Waals surface area contributed by atoms with Crippen molar-refractivity contribution in [1.29, 1.82) is 5.26 Å². The molecule has 0 radical (unpaired) electrons. The summed E-state index contributed by atoms with van der Waals surface area (Å²) in [6.07, 6.45) is 0.836. The molecule has 0 saturated carbocycles. The fourth-order valence-electron chi connectivity index (χ4n) is 1.68. The van der Waals surface area contributed by atoms with Crippen LogP contribution in [0.15, 0.2) is 24.3 Å². The van der Waals surface area contributed by atoms with Crippen molar-refractivity contribution in [2.45, 2.75) is 26.2 Å². The molecule has 0 aliphatic rings. The van der Waals surface area contributed by atoms with Crippen molar-refractivity contribution >= 4 is 11.8 Å². The summed E-state index contributed by atoms with van der Waals surface area (Å²) in [5.74, 6) is 0.386. The first-order valence-electron chi connectivity index (χ1n) is 7.21. The van der Waals surface area contributed by atoms with Crippen LogP contribution in [-0.4, -0.2) is 31.5 Å². The lowest BCUT2D eigenvalue weighted by atomic mass is 10.2. The molecule has 0 unspecified atom stereocenters. The minimum Gasteiger partial charge on any atom is -0.494 e. The van der Waals surface area contributed by atoms with E-state index in [4.69, 9.17) is 10.00 Å². The molecule has 1 rings (SSSR count). The molecule has 2 N–H and O–H groups in total. The van der Waals surface area contributed by atoms with E-state index in [0.717, 1.165) is 5.75 Å². The predicted molar refractivity (Wildman–Crippen MR) is 82.2 cm³/mol. The summed E-state index contributed by atoms with van der Waals surface area (Å²) >= 11 is 0. The number of nitrogens with zero attached hydrogens (tertiary/aromatic N) is 1. The van der Waals surface area contributed by atoms with E-state index in [9.17, 15) is 9.59 Å². The fourth-order valence-corrected chi connectivity index (χ4v) is 1.68. The summed E-state index contributed by atoms with van der Waals surface area (Å²) in [5, 5.41) is 13.5. The summed E-state index contributed by atoms with van der Waals surface area (Å²) in [6, 6.07) is 9.51. The van der Waals surface area contributed by atoms with Gasteiger partial charge in [-0.05, 0) is 25.5 Å². The fraction of sp³-hybridized carbons (Fsp3) is 0.438. The van der Waals surface area contributed by atoms with E-state index in [1.807, 2.05) is 31.2 Å². The maximum atomic E-state index is 11.5. The maximum Gasteiger partial charge on any atom is 0.234 e. The number of amides is 2. The maximum absolute atomic E-state index is 11.5. The van der Waals surface area contributed by atoms with Crippen molar-refractivity contribution in [3.8, 4) is 11.8 Å². The number of nitriles is 1. The second-order valence-electron chi connectivity index (χ2n) is 4.80. The zero-order valence-corrected chi connectivity index (χ0v) is 12.7. The van der Waals surface area contributed by atoms with Crippen LogP contribution in [0, 0.1) is 18.3 Å². The topological polar surface area (TPSA) is 91.2 Å². The Balaban J connectivity index is 2.03. The third kappa shape index (κ3) is 7.90. The van der Waals surface area contributed by atoms with Gasteiger partial charge in [0.15, 0.2) is 0 Å². The summed E-state index contributed by atoms with van der Waals surface area (Å²) in [6.45, 7) is 3.17. The molecule has 0 atom stereocenters. The van der Waals surface area contributed by atoms with Gasteiger partial charge in [0, 0.05) is 19.5 Å². The van der Waals surface area contributed by atoms with Crippen molar-refractivity contribution < 1.29 is 14.3 Å². The number of nitrogens with one attached hydrogen (secondary N) is 2. The number of aryl methyl sites for hydroxylation is 1. The number of hydrogen-bond acceptors (Lipinski definition) is 4. The Kier molecular flexibility index (Phi) is 8.13. The standard InChI is InChI=1S/C16H21N3O3/c1-13-4-6-14(7-5-13)22-12-2-3-15(20)18-10-11-19-16(21)8-9-17/h4-7H,2-3,8,10-12H2,1H3,(H,18,20)(H,19,21). The Labute approximate surface area is 130 Å². The van der Waals surface area contributed by atoms with Gasteiger partial charge in [-0.25, -0.2) is 0 Å². The molecule has 22 heavy (non-hydrogen) atoms. The van der Waals surface area contributed by atoms with Crippen molar-refractivity contribution in [3.63, 3.8) is 0 Å². The van der Waals surface area contributed by atoms with Gasteiger partial charge in [-0.15, -0.1) is 0 Å². The third-order valence-electron chi connectivity index (χ3n) is 2.85. The molecule has 1 aromatic carbocycles. The van der Waals surface area contributed by atoms with E-state index >= 15 is 0 Å². The van der Waals surface area contributed by atoms with Gasteiger partial charge < -0.3 is 15.4 Å². The van der Waals surface area contributed by atoms with Crippen molar-refractivity contribution in [2.75, 3.05) is 19.7 Å². The average molecular weight is 303 g/mol. The van der Waals surface area contributed by atoms with Crippen LogP contribution in [0.25, 0.3) is 0 Å². The Bertz CT molecular complexity index is 520. The molecule has 6 nitrogen and oxygen atoms in total. The second-order valence-corrected chi connectivity index (χ2v) is 4.80. The molecule has 118 valence electrons. The van der Waals surface area contributed by atoms with Crippen LogP contribution >= 0.6 is 0 Å². The lowest BCUT2D eigenvalue weighted by Crippen LogP contribution is -2.34. The van der Waals surface area contributed by atoms with Crippen LogP contribution in [0.3, 0.4) is 0 Å². The Morgan fingerprint density at radius 3 is 2.41 bits per heavy atom. The van der Waals surface area contributed by atoms with Gasteiger partial charge in [0.1, 0.15) is 12.2 Å². The van der Waals surface area contributed by atoms with E-state index in [0.29, 0.717) is 32.5 Å². The van der Waals surface area contributed by atoms with Crippen LogP contribution in [-0.2, 0) is 9.59 Å². The zero-order chi connectivity index (χ0) is 16.2. The normalized spacial score (nSPS) is 9.64. The third-order valence-corrected chi connectivity index (χ3v) is 2.85. The first-order chi connectivity index (χ1) is 10.6. The van der Waals surface area contributed by atoms with E-state index in [-0.39, 0.29) is 18.2 Å². The highest BCUT2D eigenvalue weighted by Gasteiger charge is 2.02. The molecule has 0 aromatic heterocycles. The number of ether oxygens (including phenoxy) is 1. The highest BCUT2D eigenvalue weighted by atomic mass is 16.5. The number of benzene rings is 1. The highest BCUT2D eigenvalue weighted by Crippen LogP contribution is 2.11. The highest BCUT2D eigenvalue weighted by molar-refractivity contribution is 5.78. The average Bonchev–Trinajstić information content (AvgIpc) is 2.50. The van der Waals surface area contributed by atoms with Crippen molar-refractivity contribution in [2.24, 2.45) is 0 Å². The molecule has 0 heterocycles. The van der Waals surface area contributed by atoms with Crippen LogP contribution in [0.2, 0.25) is 0 Å². The molecule has 6 heteroatoms. The first kappa shape index (κ1) is 17.5. The summed E-state index contributed by atoms with van der Waals surface area (Å²) in [4.78, 5) is 22.5.